The number of nitrogens with one attached hydrogen (secondary N) is 1. The van der Waals surface area contributed by atoms with Crippen LogP contribution in [-0.2, 0) is 6.42 Å². The lowest BCUT2D eigenvalue weighted by Gasteiger charge is -2.13. The van der Waals surface area contributed by atoms with Crippen LogP contribution >= 0.6 is 11.6 Å². The molecule has 0 bridgehead atoms. The fraction of sp³-hybridized carbons (Fsp3) is 0.227. The third-order valence-corrected chi connectivity index (χ3v) is 4.28. The van der Waals surface area contributed by atoms with Crippen molar-refractivity contribution in [3.63, 3.8) is 0 Å². The number of hydrogen-bond donors (Lipinski definition) is 1. The molecule has 0 aliphatic carbocycles. The first-order valence-corrected chi connectivity index (χ1v) is 9.46. The zero-order chi connectivity index (χ0) is 21.0. The summed E-state index contributed by atoms with van der Waals surface area (Å²) in [4.78, 5) is 12.3. The van der Waals surface area contributed by atoms with Gasteiger partial charge in [-0.1, -0.05) is 31.5 Å². The Morgan fingerprint density at radius 2 is 1.86 bits per heavy atom. The van der Waals surface area contributed by atoms with Gasteiger partial charge in [0.1, 0.15) is 28.8 Å². The van der Waals surface area contributed by atoms with Crippen LogP contribution in [0.2, 0.25) is 5.02 Å². The van der Waals surface area contributed by atoms with Gasteiger partial charge in [-0.2, -0.15) is 0 Å². The smallest absolute Gasteiger partial charge is 0.291 e. The van der Waals surface area contributed by atoms with E-state index in [0.29, 0.717) is 35.5 Å². The molecular weight excluding hydrogens is 400 g/mol. The van der Waals surface area contributed by atoms with E-state index in [4.69, 9.17) is 20.8 Å². The topological polar surface area (TPSA) is 51.5 Å². The van der Waals surface area contributed by atoms with Gasteiger partial charge in [0.2, 0.25) is 0 Å². The average Bonchev–Trinajstić information content (AvgIpc) is 3.12. The zero-order valence-corrected chi connectivity index (χ0v) is 16.7. The maximum Gasteiger partial charge on any atom is 0.291 e. The zero-order valence-electron chi connectivity index (χ0n) is 16.0. The van der Waals surface area contributed by atoms with Gasteiger partial charge in [-0.25, -0.2) is 8.78 Å². The van der Waals surface area contributed by atoms with E-state index in [9.17, 15) is 13.6 Å². The van der Waals surface area contributed by atoms with Gasteiger partial charge in [0, 0.05) is 17.0 Å². The van der Waals surface area contributed by atoms with Crippen LogP contribution < -0.4 is 10.1 Å². The molecule has 1 amide bonds. The quantitative estimate of drug-likeness (QED) is 0.504. The molecule has 0 saturated heterocycles. The molecule has 7 heteroatoms. The predicted molar refractivity (Wildman–Crippen MR) is 108 cm³/mol. The van der Waals surface area contributed by atoms with E-state index in [1.807, 2.05) is 13.8 Å². The standard InChI is InChI=1S/C22H20ClF2NO3/c1-13(2)12-28-19-8-6-15(23)10-14(19)11-16-7-9-20(29-16)22(27)26-21-17(24)4-3-5-18(21)25/h3-10,13H,11-12H2,1-2H3,(H,26,27). The van der Waals surface area contributed by atoms with Gasteiger partial charge in [-0.15, -0.1) is 0 Å². The second-order valence-corrected chi connectivity index (χ2v) is 7.39. The molecule has 0 radical (unpaired) electrons. The normalized spacial score (nSPS) is 11.0. The molecule has 152 valence electrons. The third kappa shape index (κ3) is 5.35. The molecule has 2 aromatic carbocycles. The lowest BCUT2D eigenvalue weighted by atomic mass is 10.1. The number of hydrogen-bond acceptors (Lipinski definition) is 3. The highest BCUT2D eigenvalue weighted by Gasteiger charge is 2.17. The van der Waals surface area contributed by atoms with Crippen molar-refractivity contribution < 1.29 is 22.7 Å². The van der Waals surface area contributed by atoms with Crippen molar-refractivity contribution in [2.45, 2.75) is 20.3 Å². The predicted octanol–water partition coefficient (Wildman–Crippen LogP) is 6.09. The number of rotatable bonds is 7. The molecule has 0 aliphatic heterocycles. The first-order chi connectivity index (χ1) is 13.8. The summed E-state index contributed by atoms with van der Waals surface area (Å²) in [7, 11) is 0. The molecule has 0 spiro atoms. The summed E-state index contributed by atoms with van der Waals surface area (Å²) in [5.74, 6) is -1.01. The van der Waals surface area contributed by atoms with E-state index in [0.717, 1.165) is 17.7 Å². The van der Waals surface area contributed by atoms with Crippen LogP contribution in [0.15, 0.2) is 52.9 Å². The van der Waals surface area contributed by atoms with Crippen LogP contribution in [0.3, 0.4) is 0 Å². The van der Waals surface area contributed by atoms with Gasteiger partial charge < -0.3 is 14.5 Å². The summed E-state index contributed by atoms with van der Waals surface area (Å²) in [6.07, 6.45) is 0.343. The van der Waals surface area contributed by atoms with E-state index < -0.39 is 23.2 Å². The van der Waals surface area contributed by atoms with Crippen molar-refractivity contribution in [2.75, 3.05) is 11.9 Å². The van der Waals surface area contributed by atoms with Crippen LogP contribution in [0.25, 0.3) is 0 Å². The highest BCUT2D eigenvalue weighted by Crippen LogP contribution is 2.27. The number of para-hydroxylation sites is 1. The molecule has 0 atom stereocenters. The fourth-order valence-corrected chi connectivity index (χ4v) is 2.85. The Hall–Kier alpha value is -2.86. The minimum Gasteiger partial charge on any atom is -0.493 e. The molecule has 1 aromatic heterocycles. The maximum atomic E-state index is 13.7. The van der Waals surface area contributed by atoms with Crippen LogP contribution in [0.1, 0.15) is 35.7 Å². The SMILES string of the molecule is CC(C)COc1ccc(Cl)cc1Cc1ccc(C(=O)Nc2c(F)cccc2F)o1. The van der Waals surface area contributed by atoms with Crippen molar-refractivity contribution >= 4 is 23.2 Å². The monoisotopic (exact) mass is 419 g/mol. The Labute approximate surface area is 172 Å². The van der Waals surface area contributed by atoms with Crippen LogP contribution in [0, 0.1) is 17.6 Å². The Morgan fingerprint density at radius 1 is 1.14 bits per heavy atom. The highest BCUT2D eigenvalue weighted by molar-refractivity contribution is 6.30. The van der Waals surface area contributed by atoms with Gasteiger partial charge in [0.25, 0.3) is 5.91 Å². The number of furan rings is 1. The molecule has 0 saturated carbocycles. The van der Waals surface area contributed by atoms with Gasteiger partial charge in [0.05, 0.1) is 6.61 Å². The number of anilines is 1. The number of halogens is 3. The average molecular weight is 420 g/mol. The molecule has 0 aliphatic rings. The van der Waals surface area contributed by atoms with E-state index in [1.165, 1.54) is 12.1 Å². The van der Waals surface area contributed by atoms with Crippen LogP contribution in [0.5, 0.6) is 5.75 Å². The van der Waals surface area contributed by atoms with Crippen molar-refractivity contribution in [1.29, 1.82) is 0 Å². The Bertz CT molecular complexity index is 997. The van der Waals surface area contributed by atoms with Crippen molar-refractivity contribution in [3.8, 4) is 5.75 Å². The van der Waals surface area contributed by atoms with Crippen LogP contribution in [-0.4, -0.2) is 12.5 Å². The minimum atomic E-state index is -0.865. The molecule has 3 aromatic rings. The van der Waals surface area contributed by atoms with Crippen LogP contribution in [0.4, 0.5) is 14.5 Å². The maximum absolute atomic E-state index is 13.7. The second kappa shape index (κ2) is 9.09. The molecular formula is C22H20ClF2NO3. The molecule has 29 heavy (non-hydrogen) atoms. The van der Waals surface area contributed by atoms with Crippen molar-refractivity contribution in [1.82, 2.24) is 0 Å². The fourth-order valence-electron chi connectivity index (χ4n) is 2.66. The Kier molecular flexibility index (Phi) is 6.54. The molecule has 3 rings (SSSR count). The largest absolute Gasteiger partial charge is 0.493 e. The van der Waals surface area contributed by atoms with Crippen molar-refractivity contribution in [2.24, 2.45) is 5.92 Å². The summed E-state index contributed by atoms with van der Waals surface area (Å²) in [6.45, 7) is 4.64. The molecule has 1 heterocycles. The number of benzene rings is 2. The summed E-state index contributed by atoms with van der Waals surface area (Å²) in [5, 5.41) is 2.75. The van der Waals surface area contributed by atoms with E-state index in [2.05, 4.69) is 5.32 Å². The van der Waals surface area contributed by atoms with E-state index >= 15 is 0 Å². The lowest BCUT2D eigenvalue weighted by Crippen LogP contribution is -2.13. The first-order valence-electron chi connectivity index (χ1n) is 9.08. The molecule has 1 N–H and O–H groups in total. The molecule has 0 unspecified atom stereocenters. The lowest BCUT2D eigenvalue weighted by molar-refractivity contribution is 0.0994. The minimum absolute atomic E-state index is 0.0608. The number of carbonyl (C=O) groups excluding carboxylic acids is 1. The number of amides is 1. The summed E-state index contributed by atoms with van der Waals surface area (Å²) in [6, 6.07) is 11.7. The summed E-state index contributed by atoms with van der Waals surface area (Å²) in [5.41, 5.74) is 0.286. The Balaban J connectivity index is 1.75. The highest BCUT2D eigenvalue weighted by atomic mass is 35.5. The first kappa shape index (κ1) is 20.9. The Morgan fingerprint density at radius 3 is 2.55 bits per heavy atom. The molecule has 4 nitrogen and oxygen atoms in total. The van der Waals surface area contributed by atoms with E-state index in [-0.39, 0.29) is 5.76 Å². The summed E-state index contributed by atoms with van der Waals surface area (Å²) < 4.78 is 38.8. The van der Waals surface area contributed by atoms with Gasteiger partial charge in [-0.3, -0.25) is 4.79 Å². The van der Waals surface area contributed by atoms with Gasteiger partial charge in [-0.05, 0) is 48.4 Å². The third-order valence-electron chi connectivity index (χ3n) is 4.05. The second-order valence-electron chi connectivity index (χ2n) is 6.95. The van der Waals surface area contributed by atoms with Gasteiger partial charge in [0.15, 0.2) is 5.76 Å². The number of carbonyl (C=O) groups is 1. The van der Waals surface area contributed by atoms with Gasteiger partial charge >= 0.3 is 0 Å². The van der Waals surface area contributed by atoms with Crippen molar-refractivity contribution in [3.05, 3.63) is 82.3 Å². The van der Waals surface area contributed by atoms with E-state index in [1.54, 1.807) is 24.3 Å². The summed E-state index contributed by atoms with van der Waals surface area (Å²) >= 11 is 6.10. The number of ether oxygens (including phenoxy) is 1. The molecule has 0 fully saturated rings.